The van der Waals surface area contributed by atoms with Crippen LogP contribution in [-0.2, 0) is 27.3 Å². The molecule has 1 fully saturated rings. The third kappa shape index (κ3) is 7.13. The normalized spacial score (nSPS) is 13.4. The minimum absolute atomic E-state index is 0.117. The fourth-order valence-corrected chi connectivity index (χ4v) is 4.72. The molecule has 0 radical (unpaired) electrons. The van der Waals surface area contributed by atoms with Gasteiger partial charge in [0.25, 0.3) is 0 Å². The second kappa shape index (κ2) is 13.1. The zero-order valence-electron chi connectivity index (χ0n) is 22.4. The maximum absolute atomic E-state index is 11.7. The van der Waals surface area contributed by atoms with E-state index in [0.717, 1.165) is 48.7 Å². The van der Waals surface area contributed by atoms with Crippen molar-refractivity contribution >= 4 is 11.9 Å². The van der Waals surface area contributed by atoms with Gasteiger partial charge in [0.1, 0.15) is 11.5 Å². The lowest BCUT2D eigenvalue weighted by Gasteiger charge is -2.19. The number of ether oxygens (including phenoxy) is 3. The predicted octanol–water partition coefficient (Wildman–Crippen LogP) is 4.91. The van der Waals surface area contributed by atoms with Crippen molar-refractivity contribution in [3.63, 3.8) is 0 Å². The fraction of sp³-hybridized carbons (Fsp3) is 0.355. The van der Waals surface area contributed by atoms with Crippen molar-refractivity contribution < 1.29 is 23.8 Å². The van der Waals surface area contributed by atoms with Crippen LogP contribution in [0.1, 0.15) is 36.5 Å². The molecule has 0 N–H and O–H groups in total. The van der Waals surface area contributed by atoms with E-state index in [4.69, 9.17) is 9.47 Å². The Bertz CT molecular complexity index is 1240. The van der Waals surface area contributed by atoms with Gasteiger partial charge in [0.2, 0.25) is 5.91 Å². The van der Waals surface area contributed by atoms with Crippen LogP contribution in [0.2, 0.25) is 0 Å². The van der Waals surface area contributed by atoms with Crippen molar-refractivity contribution in [1.82, 2.24) is 9.80 Å². The molecule has 1 aliphatic heterocycles. The van der Waals surface area contributed by atoms with Crippen molar-refractivity contribution in [2.45, 2.75) is 32.7 Å². The summed E-state index contributed by atoms with van der Waals surface area (Å²) in [7, 11) is 3.10. The summed E-state index contributed by atoms with van der Waals surface area (Å²) < 4.78 is 16.2. The van der Waals surface area contributed by atoms with Gasteiger partial charge < -0.3 is 19.1 Å². The molecular formula is C31H36N2O5. The molecule has 38 heavy (non-hydrogen) atoms. The highest BCUT2D eigenvalue weighted by molar-refractivity contribution is 5.73. The van der Waals surface area contributed by atoms with Gasteiger partial charge in [-0.05, 0) is 53.3 Å². The van der Waals surface area contributed by atoms with E-state index in [1.165, 1.54) is 23.8 Å². The summed E-state index contributed by atoms with van der Waals surface area (Å²) in [4.78, 5) is 27.0. The van der Waals surface area contributed by atoms with E-state index in [-0.39, 0.29) is 11.9 Å². The number of hydrogen-bond acceptors (Lipinski definition) is 6. The predicted molar refractivity (Wildman–Crippen MR) is 147 cm³/mol. The summed E-state index contributed by atoms with van der Waals surface area (Å²) in [6, 6.07) is 22.9. The highest BCUT2D eigenvalue weighted by Crippen LogP contribution is 2.30. The molecule has 0 atom stereocenters. The molecule has 0 unspecified atom stereocenters. The summed E-state index contributed by atoms with van der Waals surface area (Å²) in [5.41, 5.74) is 5.82. The van der Waals surface area contributed by atoms with Crippen LogP contribution in [0.15, 0.2) is 66.7 Å². The van der Waals surface area contributed by atoms with Crippen LogP contribution in [0.4, 0.5) is 0 Å². The number of esters is 1. The van der Waals surface area contributed by atoms with Gasteiger partial charge in [-0.1, -0.05) is 48.5 Å². The molecule has 3 aromatic carbocycles. The molecule has 0 saturated carbocycles. The summed E-state index contributed by atoms with van der Waals surface area (Å²) in [6.07, 6.45) is 1.75. The molecule has 200 valence electrons. The fourth-order valence-electron chi connectivity index (χ4n) is 4.72. The number of nitrogens with zero attached hydrogens (tertiary/aromatic N) is 2. The number of hydrogen-bond donors (Lipinski definition) is 0. The lowest BCUT2D eigenvalue weighted by Crippen LogP contribution is -2.28. The van der Waals surface area contributed by atoms with Crippen molar-refractivity contribution in [1.29, 1.82) is 0 Å². The maximum atomic E-state index is 11.7. The SMILES string of the molecule is COC(=O)CCCOc1ccc(-c2ccccc2Cc2ccc(CN3CCN(C(C)=O)C3)c(OC)c2)cc1. The largest absolute Gasteiger partial charge is 0.496 e. The second-order valence-corrected chi connectivity index (χ2v) is 9.51. The first kappa shape index (κ1) is 27.2. The summed E-state index contributed by atoms with van der Waals surface area (Å²) in [5.74, 6) is 1.54. The zero-order valence-corrected chi connectivity index (χ0v) is 22.4. The molecule has 1 heterocycles. The molecule has 1 aliphatic rings. The first-order valence-corrected chi connectivity index (χ1v) is 13.0. The van der Waals surface area contributed by atoms with Gasteiger partial charge in [0, 0.05) is 38.5 Å². The van der Waals surface area contributed by atoms with E-state index in [0.29, 0.717) is 26.1 Å². The van der Waals surface area contributed by atoms with Gasteiger partial charge in [0.05, 0.1) is 27.5 Å². The van der Waals surface area contributed by atoms with Crippen LogP contribution < -0.4 is 9.47 Å². The van der Waals surface area contributed by atoms with Crippen LogP contribution in [-0.4, -0.2) is 62.3 Å². The van der Waals surface area contributed by atoms with E-state index >= 15 is 0 Å². The highest BCUT2D eigenvalue weighted by Gasteiger charge is 2.22. The lowest BCUT2D eigenvalue weighted by molar-refractivity contribution is -0.140. The third-order valence-corrected chi connectivity index (χ3v) is 6.85. The Kier molecular flexibility index (Phi) is 9.38. The molecule has 1 amide bonds. The first-order chi connectivity index (χ1) is 18.5. The summed E-state index contributed by atoms with van der Waals surface area (Å²) >= 11 is 0. The van der Waals surface area contributed by atoms with E-state index < -0.39 is 0 Å². The molecule has 0 spiro atoms. The number of carbonyl (C=O) groups excluding carboxylic acids is 2. The van der Waals surface area contributed by atoms with Crippen LogP contribution in [0.25, 0.3) is 11.1 Å². The van der Waals surface area contributed by atoms with E-state index in [9.17, 15) is 9.59 Å². The highest BCUT2D eigenvalue weighted by atomic mass is 16.5. The minimum atomic E-state index is -0.222. The quantitative estimate of drug-likeness (QED) is 0.267. The number of amides is 1. The molecule has 1 saturated heterocycles. The Morgan fingerprint density at radius 2 is 1.71 bits per heavy atom. The number of carbonyl (C=O) groups is 2. The molecule has 3 aromatic rings. The Balaban J connectivity index is 1.42. The molecule has 7 heteroatoms. The maximum Gasteiger partial charge on any atom is 0.305 e. The Morgan fingerprint density at radius 3 is 2.42 bits per heavy atom. The Morgan fingerprint density at radius 1 is 0.921 bits per heavy atom. The van der Waals surface area contributed by atoms with Gasteiger partial charge in [-0.25, -0.2) is 0 Å². The van der Waals surface area contributed by atoms with Crippen molar-refractivity contribution in [3.8, 4) is 22.6 Å². The van der Waals surface area contributed by atoms with Crippen LogP contribution >= 0.6 is 0 Å². The van der Waals surface area contributed by atoms with Gasteiger partial charge in [-0.3, -0.25) is 14.5 Å². The number of rotatable bonds is 11. The Labute approximate surface area is 224 Å². The number of methoxy groups -OCH3 is 2. The summed E-state index contributed by atoms with van der Waals surface area (Å²) in [5, 5.41) is 0. The van der Waals surface area contributed by atoms with Crippen LogP contribution in [0.3, 0.4) is 0 Å². The van der Waals surface area contributed by atoms with E-state index in [1.54, 1.807) is 14.0 Å². The molecular weight excluding hydrogens is 480 g/mol. The molecule has 0 aromatic heterocycles. The van der Waals surface area contributed by atoms with Gasteiger partial charge in [-0.2, -0.15) is 0 Å². The Hall–Kier alpha value is -3.84. The summed E-state index contributed by atoms with van der Waals surface area (Å²) in [6.45, 7) is 5.14. The molecule has 7 nitrogen and oxygen atoms in total. The zero-order chi connectivity index (χ0) is 26.9. The van der Waals surface area contributed by atoms with Crippen LogP contribution in [0, 0.1) is 0 Å². The number of benzene rings is 3. The monoisotopic (exact) mass is 516 g/mol. The van der Waals surface area contributed by atoms with Gasteiger partial charge in [-0.15, -0.1) is 0 Å². The van der Waals surface area contributed by atoms with Crippen molar-refractivity contribution in [2.75, 3.05) is 40.6 Å². The van der Waals surface area contributed by atoms with E-state index in [1.807, 2.05) is 17.0 Å². The van der Waals surface area contributed by atoms with Gasteiger partial charge >= 0.3 is 5.97 Å². The van der Waals surface area contributed by atoms with Gasteiger partial charge in [0.15, 0.2) is 0 Å². The van der Waals surface area contributed by atoms with E-state index in [2.05, 4.69) is 64.2 Å². The third-order valence-electron chi connectivity index (χ3n) is 6.85. The molecule has 0 bridgehead atoms. The smallest absolute Gasteiger partial charge is 0.305 e. The standard InChI is InChI=1S/C31H36N2O5/c1-23(34)33-17-16-32(22-33)21-27-11-10-24(20-30(27)36-2)19-26-7-4-5-8-29(26)25-12-14-28(15-13-25)38-18-6-9-31(35)37-3/h4-5,7-8,10-15,20H,6,9,16-19,21-22H2,1-3H3. The minimum Gasteiger partial charge on any atom is -0.496 e. The topological polar surface area (TPSA) is 68.3 Å². The first-order valence-electron chi connectivity index (χ1n) is 13.0. The van der Waals surface area contributed by atoms with Crippen LogP contribution in [0.5, 0.6) is 11.5 Å². The van der Waals surface area contributed by atoms with Crippen molar-refractivity contribution in [2.24, 2.45) is 0 Å². The lowest BCUT2D eigenvalue weighted by atomic mass is 9.94. The average Bonchev–Trinajstić information content (AvgIpc) is 3.41. The van der Waals surface area contributed by atoms with Crippen molar-refractivity contribution in [3.05, 3.63) is 83.4 Å². The molecule has 0 aliphatic carbocycles. The average molecular weight is 517 g/mol. The second-order valence-electron chi connectivity index (χ2n) is 9.51. The molecule has 4 rings (SSSR count).